The maximum absolute atomic E-state index is 13.4. The van der Waals surface area contributed by atoms with Gasteiger partial charge in [-0.2, -0.15) is 0 Å². The number of nitrogens with one attached hydrogen (secondary N) is 1. The van der Waals surface area contributed by atoms with Crippen molar-refractivity contribution < 1.29 is 19.1 Å². The number of rotatable bonds is 6. The summed E-state index contributed by atoms with van der Waals surface area (Å²) in [6.07, 6.45) is 1.48. The van der Waals surface area contributed by atoms with Gasteiger partial charge in [0.15, 0.2) is 0 Å². The number of hydrogen-bond acceptors (Lipinski definition) is 4. The number of benzene rings is 3. The van der Waals surface area contributed by atoms with E-state index in [1.807, 2.05) is 73.0 Å². The summed E-state index contributed by atoms with van der Waals surface area (Å²) in [4.78, 5) is 39.5. The Morgan fingerprint density at radius 3 is 2.35 bits per heavy atom. The molecule has 4 aromatic rings. The number of ether oxygens (including phenoxy) is 1. The van der Waals surface area contributed by atoms with E-state index in [0.717, 1.165) is 37.8 Å². The minimum atomic E-state index is -0.899. The summed E-state index contributed by atoms with van der Waals surface area (Å²) in [6, 6.07) is 21.2. The highest BCUT2D eigenvalue weighted by molar-refractivity contribution is 9.10. The molecule has 1 saturated heterocycles. The molecule has 1 aliphatic heterocycles. The second-order valence-electron chi connectivity index (χ2n) is 9.10. The quantitative estimate of drug-likeness (QED) is 0.176. The standard InChI is InChI=1S/C30H22BrCl2N3O4/c1-17-14-20(15-24-28(37)34-30(39)36(29(24)38)26-5-3-4-25(32)27(26)33)18(2)35(17)22-10-12-23(13-11-22)40-16-19-6-8-21(31)9-7-19/h3-15H,16H2,1-2H3,(H,34,37,39)/b24-15+. The SMILES string of the molecule is Cc1cc(/C=C2\C(=O)NC(=O)N(c3cccc(Cl)c3Cl)C2=O)c(C)n1-c1ccc(OCc2ccc(Br)cc2)cc1. The fourth-order valence-electron chi connectivity index (χ4n) is 4.47. The van der Waals surface area contributed by atoms with Gasteiger partial charge in [0, 0.05) is 21.5 Å². The number of aromatic nitrogens is 1. The molecule has 0 spiro atoms. The van der Waals surface area contributed by atoms with Crippen LogP contribution in [0.2, 0.25) is 10.0 Å². The third kappa shape index (κ3) is 5.43. The van der Waals surface area contributed by atoms with Crippen LogP contribution in [0.1, 0.15) is 22.5 Å². The number of barbiturate groups is 1. The zero-order valence-corrected chi connectivity index (χ0v) is 24.5. The number of nitrogens with zero attached hydrogens (tertiary/aromatic N) is 2. The first-order valence-corrected chi connectivity index (χ1v) is 13.7. The Balaban J connectivity index is 1.41. The molecule has 40 heavy (non-hydrogen) atoms. The molecule has 0 unspecified atom stereocenters. The van der Waals surface area contributed by atoms with Crippen molar-refractivity contribution in [3.8, 4) is 11.4 Å². The van der Waals surface area contributed by atoms with Crippen LogP contribution in [0.4, 0.5) is 10.5 Å². The van der Waals surface area contributed by atoms with E-state index in [4.69, 9.17) is 27.9 Å². The van der Waals surface area contributed by atoms with Gasteiger partial charge < -0.3 is 9.30 Å². The van der Waals surface area contributed by atoms with E-state index in [1.54, 1.807) is 6.07 Å². The number of urea groups is 1. The number of aryl methyl sites for hydroxylation is 1. The van der Waals surface area contributed by atoms with Gasteiger partial charge in [-0.3, -0.25) is 14.9 Å². The van der Waals surface area contributed by atoms with Gasteiger partial charge in [-0.15, -0.1) is 0 Å². The van der Waals surface area contributed by atoms with Crippen LogP contribution in [0.15, 0.2) is 82.8 Å². The lowest BCUT2D eigenvalue weighted by Gasteiger charge is -2.27. The maximum Gasteiger partial charge on any atom is 0.336 e. The summed E-state index contributed by atoms with van der Waals surface area (Å²) in [5.74, 6) is -0.859. The molecule has 0 saturated carbocycles. The first-order valence-electron chi connectivity index (χ1n) is 12.2. The summed E-state index contributed by atoms with van der Waals surface area (Å²) < 4.78 is 8.94. The molecule has 0 radical (unpaired) electrons. The van der Waals surface area contributed by atoms with E-state index < -0.39 is 17.8 Å². The number of amides is 4. The summed E-state index contributed by atoms with van der Waals surface area (Å²) in [5, 5.41) is 2.42. The number of anilines is 1. The van der Waals surface area contributed by atoms with Crippen LogP contribution in [-0.2, 0) is 16.2 Å². The predicted octanol–water partition coefficient (Wildman–Crippen LogP) is 7.41. The molecular formula is C30H22BrCl2N3O4. The Morgan fingerprint density at radius 2 is 1.65 bits per heavy atom. The van der Waals surface area contributed by atoms with Gasteiger partial charge in [-0.05, 0) is 85.6 Å². The van der Waals surface area contributed by atoms with Gasteiger partial charge >= 0.3 is 6.03 Å². The summed E-state index contributed by atoms with van der Waals surface area (Å²) in [6.45, 7) is 4.26. The van der Waals surface area contributed by atoms with Crippen LogP contribution in [0.5, 0.6) is 5.75 Å². The van der Waals surface area contributed by atoms with E-state index in [9.17, 15) is 14.4 Å². The van der Waals surface area contributed by atoms with Crippen molar-refractivity contribution in [3.05, 3.63) is 115 Å². The molecule has 4 amide bonds. The molecule has 202 valence electrons. The first-order chi connectivity index (χ1) is 19.1. The zero-order chi connectivity index (χ0) is 28.6. The highest BCUT2D eigenvalue weighted by Crippen LogP contribution is 2.34. The molecule has 1 aliphatic rings. The predicted molar refractivity (Wildman–Crippen MR) is 159 cm³/mol. The van der Waals surface area contributed by atoms with Crippen molar-refractivity contribution in [3.63, 3.8) is 0 Å². The van der Waals surface area contributed by atoms with Crippen molar-refractivity contribution in [1.82, 2.24) is 9.88 Å². The van der Waals surface area contributed by atoms with Crippen molar-refractivity contribution >= 4 is 68.7 Å². The maximum atomic E-state index is 13.4. The topological polar surface area (TPSA) is 80.6 Å². The largest absolute Gasteiger partial charge is 0.489 e. The normalized spacial score (nSPS) is 14.6. The lowest BCUT2D eigenvalue weighted by Crippen LogP contribution is -2.54. The van der Waals surface area contributed by atoms with Crippen LogP contribution in [0, 0.1) is 13.8 Å². The number of halogens is 3. The van der Waals surface area contributed by atoms with Crippen molar-refractivity contribution in [2.24, 2.45) is 0 Å². The second-order valence-corrected chi connectivity index (χ2v) is 10.8. The lowest BCUT2D eigenvalue weighted by atomic mass is 10.1. The third-order valence-corrected chi connectivity index (χ3v) is 7.80. The number of carbonyl (C=O) groups is 3. The Hall–Kier alpha value is -3.85. The van der Waals surface area contributed by atoms with Crippen LogP contribution in [0.25, 0.3) is 11.8 Å². The molecule has 5 rings (SSSR count). The van der Waals surface area contributed by atoms with Gasteiger partial charge in [-0.1, -0.05) is 57.3 Å². The average Bonchev–Trinajstić information content (AvgIpc) is 3.21. The molecule has 2 heterocycles. The van der Waals surface area contributed by atoms with Crippen molar-refractivity contribution in [2.75, 3.05) is 4.90 Å². The minimum Gasteiger partial charge on any atom is -0.489 e. The van der Waals surface area contributed by atoms with Crippen LogP contribution >= 0.6 is 39.1 Å². The fourth-order valence-corrected chi connectivity index (χ4v) is 5.11. The van der Waals surface area contributed by atoms with E-state index in [-0.39, 0.29) is 21.3 Å². The fraction of sp³-hybridized carbons (Fsp3) is 0.100. The molecule has 1 aromatic heterocycles. The van der Waals surface area contributed by atoms with E-state index >= 15 is 0 Å². The smallest absolute Gasteiger partial charge is 0.336 e. The summed E-state index contributed by atoms with van der Waals surface area (Å²) in [7, 11) is 0. The van der Waals surface area contributed by atoms with Crippen LogP contribution in [0.3, 0.4) is 0 Å². The van der Waals surface area contributed by atoms with Gasteiger partial charge in [-0.25, -0.2) is 9.69 Å². The number of imide groups is 2. The van der Waals surface area contributed by atoms with Gasteiger partial charge in [0.05, 0.1) is 15.7 Å². The van der Waals surface area contributed by atoms with Crippen LogP contribution < -0.4 is 15.0 Å². The highest BCUT2D eigenvalue weighted by Gasteiger charge is 2.38. The van der Waals surface area contributed by atoms with Crippen molar-refractivity contribution in [1.29, 1.82) is 0 Å². The Kier molecular flexibility index (Phi) is 7.85. The molecule has 10 heteroatoms. The Labute approximate surface area is 249 Å². The molecule has 1 fully saturated rings. The Morgan fingerprint density at radius 1 is 0.950 bits per heavy atom. The third-order valence-electron chi connectivity index (χ3n) is 6.46. The molecule has 0 atom stereocenters. The minimum absolute atomic E-state index is 0.0313. The molecule has 3 aromatic carbocycles. The van der Waals surface area contributed by atoms with Crippen LogP contribution in [-0.4, -0.2) is 22.4 Å². The van der Waals surface area contributed by atoms with E-state index in [1.165, 1.54) is 18.2 Å². The molecule has 0 aliphatic carbocycles. The molecule has 7 nitrogen and oxygen atoms in total. The lowest BCUT2D eigenvalue weighted by molar-refractivity contribution is -0.122. The summed E-state index contributed by atoms with van der Waals surface area (Å²) in [5.41, 5.74) is 4.17. The molecule has 0 bridgehead atoms. The van der Waals surface area contributed by atoms with Gasteiger partial charge in [0.2, 0.25) is 0 Å². The average molecular weight is 639 g/mol. The van der Waals surface area contributed by atoms with E-state index in [0.29, 0.717) is 12.2 Å². The number of hydrogen-bond donors (Lipinski definition) is 1. The molecule has 1 N–H and O–H groups in total. The monoisotopic (exact) mass is 637 g/mol. The zero-order valence-electron chi connectivity index (χ0n) is 21.4. The number of carbonyl (C=O) groups excluding carboxylic acids is 3. The van der Waals surface area contributed by atoms with Gasteiger partial charge in [0.25, 0.3) is 11.8 Å². The van der Waals surface area contributed by atoms with E-state index in [2.05, 4.69) is 21.2 Å². The van der Waals surface area contributed by atoms with Gasteiger partial charge in [0.1, 0.15) is 17.9 Å². The highest BCUT2D eigenvalue weighted by atomic mass is 79.9. The van der Waals surface area contributed by atoms with Crippen molar-refractivity contribution in [2.45, 2.75) is 20.5 Å². The first kappa shape index (κ1) is 27.7. The second kappa shape index (κ2) is 11.3. The molecular weight excluding hydrogens is 617 g/mol. The summed E-state index contributed by atoms with van der Waals surface area (Å²) >= 11 is 15.8. The Bertz CT molecular complexity index is 1680.